The SMILES string of the molecule is Cc1cc(C)n(Cc2cccc(NC(=O)C3(O)CCSC3)c2)n1. The van der Waals surface area contributed by atoms with E-state index in [2.05, 4.69) is 10.4 Å². The first-order valence-corrected chi connectivity index (χ1v) is 8.83. The van der Waals surface area contributed by atoms with Gasteiger partial charge in [0.2, 0.25) is 0 Å². The summed E-state index contributed by atoms with van der Waals surface area (Å²) < 4.78 is 1.94. The fourth-order valence-electron chi connectivity index (χ4n) is 2.74. The van der Waals surface area contributed by atoms with Crippen molar-refractivity contribution in [2.45, 2.75) is 32.4 Å². The van der Waals surface area contributed by atoms with E-state index in [1.165, 1.54) is 0 Å². The third kappa shape index (κ3) is 3.59. The molecule has 1 aliphatic heterocycles. The number of nitrogens with one attached hydrogen (secondary N) is 1. The number of benzene rings is 1. The van der Waals surface area contributed by atoms with Crippen molar-refractivity contribution in [2.75, 3.05) is 16.8 Å². The molecule has 2 heterocycles. The number of thioether (sulfide) groups is 1. The Hall–Kier alpha value is -1.79. The molecule has 1 unspecified atom stereocenters. The van der Waals surface area contributed by atoms with E-state index in [0.29, 0.717) is 24.4 Å². The molecule has 3 rings (SSSR count). The van der Waals surface area contributed by atoms with Crippen LogP contribution in [0.4, 0.5) is 5.69 Å². The molecule has 0 spiro atoms. The standard InChI is InChI=1S/C17H21N3O2S/c1-12-8-13(2)20(19-12)10-14-4-3-5-15(9-14)18-16(21)17(22)6-7-23-11-17/h3-5,8-9,22H,6-7,10-11H2,1-2H3,(H,18,21). The van der Waals surface area contributed by atoms with Crippen molar-refractivity contribution in [3.63, 3.8) is 0 Å². The number of amides is 1. The van der Waals surface area contributed by atoms with Crippen LogP contribution in [-0.4, -0.2) is 37.9 Å². The molecule has 1 saturated heterocycles. The van der Waals surface area contributed by atoms with Gasteiger partial charge in [0.15, 0.2) is 5.60 Å². The molecule has 0 bridgehead atoms. The van der Waals surface area contributed by atoms with Crippen LogP contribution in [-0.2, 0) is 11.3 Å². The molecule has 23 heavy (non-hydrogen) atoms. The van der Waals surface area contributed by atoms with Gasteiger partial charge in [-0.2, -0.15) is 16.9 Å². The number of hydrogen-bond acceptors (Lipinski definition) is 4. The second-order valence-electron chi connectivity index (χ2n) is 6.07. The highest BCUT2D eigenvalue weighted by Crippen LogP contribution is 2.29. The first-order chi connectivity index (χ1) is 11.0. The summed E-state index contributed by atoms with van der Waals surface area (Å²) in [6, 6.07) is 9.73. The molecule has 1 aromatic heterocycles. The quantitative estimate of drug-likeness (QED) is 0.902. The lowest BCUT2D eigenvalue weighted by Gasteiger charge is -2.20. The molecular formula is C17H21N3O2S. The third-order valence-corrected chi connectivity index (χ3v) is 5.22. The predicted octanol–water partition coefficient (Wildman–Crippen LogP) is 2.35. The minimum atomic E-state index is -1.24. The fourth-order valence-corrected chi connectivity index (χ4v) is 3.98. The van der Waals surface area contributed by atoms with Crippen molar-refractivity contribution in [3.05, 3.63) is 47.3 Å². The number of nitrogens with zero attached hydrogens (tertiary/aromatic N) is 2. The van der Waals surface area contributed by atoms with Crippen LogP contribution in [0.25, 0.3) is 0 Å². The summed E-state index contributed by atoms with van der Waals surface area (Å²) in [5.74, 6) is 0.970. The third-order valence-electron chi connectivity index (χ3n) is 4.04. The normalized spacial score (nSPS) is 20.7. The first kappa shape index (κ1) is 16.1. The van der Waals surface area contributed by atoms with Crippen LogP contribution < -0.4 is 5.32 Å². The molecular weight excluding hydrogens is 310 g/mol. The second kappa shape index (κ2) is 6.37. The molecule has 2 aromatic rings. The zero-order valence-electron chi connectivity index (χ0n) is 13.4. The number of anilines is 1. The average molecular weight is 331 g/mol. The number of hydrogen-bond donors (Lipinski definition) is 2. The van der Waals surface area contributed by atoms with Gasteiger partial charge in [-0.1, -0.05) is 12.1 Å². The van der Waals surface area contributed by atoms with Gasteiger partial charge in [0, 0.05) is 17.1 Å². The monoisotopic (exact) mass is 331 g/mol. The summed E-state index contributed by atoms with van der Waals surface area (Å²) in [5.41, 5.74) is 2.62. The fraction of sp³-hybridized carbons (Fsp3) is 0.412. The zero-order valence-corrected chi connectivity index (χ0v) is 14.2. The Morgan fingerprint density at radius 3 is 2.91 bits per heavy atom. The van der Waals surface area contributed by atoms with Crippen molar-refractivity contribution in [3.8, 4) is 0 Å². The first-order valence-electron chi connectivity index (χ1n) is 7.68. The Morgan fingerprint density at radius 1 is 1.43 bits per heavy atom. The topological polar surface area (TPSA) is 67.2 Å². The molecule has 2 N–H and O–H groups in total. The molecule has 5 nitrogen and oxygen atoms in total. The Morgan fingerprint density at radius 2 is 2.26 bits per heavy atom. The van der Waals surface area contributed by atoms with Crippen molar-refractivity contribution < 1.29 is 9.90 Å². The van der Waals surface area contributed by atoms with E-state index in [1.807, 2.05) is 48.9 Å². The molecule has 1 fully saturated rings. The predicted molar refractivity (Wildman–Crippen MR) is 92.8 cm³/mol. The van der Waals surface area contributed by atoms with E-state index >= 15 is 0 Å². The Balaban J connectivity index is 1.72. The van der Waals surface area contributed by atoms with E-state index in [0.717, 1.165) is 22.7 Å². The van der Waals surface area contributed by atoms with Crippen LogP contribution in [0.2, 0.25) is 0 Å². The van der Waals surface area contributed by atoms with Gasteiger partial charge in [-0.25, -0.2) is 0 Å². The maximum Gasteiger partial charge on any atom is 0.257 e. The smallest absolute Gasteiger partial charge is 0.257 e. The lowest BCUT2D eigenvalue weighted by atomic mass is 10.0. The van der Waals surface area contributed by atoms with E-state index in [9.17, 15) is 9.90 Å². The lowest BCUT2D eigenvalue weighted by Crippen LogP contribution is -2.42. The van der Waals surface area contributed by atoms with E-state index in [4.69, 9.17) is 0 Å². The molecule has 1 atom stereocenters. The molecule has 1 aromatic carbocycles. The van der Waals surface area contributed by atoms with Crippen molar-refractivity contribution in [2.24, 2.45) is 0 Å². The van der Waals surface area contributed by atoms with Gasteiger partial charge in [-0.3, -0.25) is 9.48 Å². The summed E-state index contributed by atoms with van der Waals surface area (Å²) in [6.07, 6.45) is 0.509. The molecule has 1 amide bonds. The highest BCUT2D eigenvalue weighted by molar-refractivity contribution is 7.99. The largest absolute Gasteiger partial charge is 0.379 e. The Kier molecular flexibility index (Phi) is 4.46. The minimum Gasteiger partial charge on any atom is -0.379 e. The number of aromatic nitrogens is 2. The minimum absolute atomic E-state index is 0.314. The van der Waals surface area contributed by atoms with Crippen LogP contribution in [0, 0.1) is 13.8 Å². The van der Waals surface area contributed by atoms with Crippen LogP contribution in [0.5, 0.6) is 0 Å². The summed E-state index contributed by atoms with van der Waals surface area (Å²) >= 11 is 1.61. The van der Waals surface area contributed by atoms with E-state index < -0.39 is 5.60 Å². The maximum atomic E-state index is 12.3. The zero-order chi connectivity index (χ0) is 16.4. The van der Waals surface area contributed by atoms with Gasteiger partial charge >= 0.3 is 0 Å². The van der Waals surface area contributed by atoms with Crippen LogP contribution in [0.1, 0.15) is 23.4 Å². The van der Waals surface area contributed by atoms with Gasteiger partial charge in [0.25, 0.3) is 5.91 Å². The van der Waals surface area contributed by atoms with Crippen LogP contribution >= 0.6 is 11.8 Å². The highest BCUT2D eigenvalue weighted by Gasteiger charge is 2.39. The maximum absolute atomic E-state index is 12.3. The van der Waals surface area contributed by atoms with Crippen molar-refractivity contribution >= 4 is 23.4 Å². The number of aryl methyl sites for hydroxylation is 2. The van der Waals surface area contributed by atoms with E-state index in [-0.39, 0.29) is 5.91 Å². The van der Waals surface area contributed by atoms with Gasteiger partial charge in [-0.15, -0.1) is 0 Å². The van der Waals surface area contributed by atoms with Crippen LogP contribution in [0.3, 0.4) is 0 Å². The number of aliphatic hydroxyl groups is 1. The van der Waals surface area contributed by atoms with E-state index in [1.54, 1.807) is 11.8 Å². The second-order valence-corrected chi connectivity index (χ2v) is 7.18. The van der Waals surface area contributed by atoms with Crippen molar-refractivity contribution in [1.29, 1.82) is 0 Å². The average Bonchev–Trinajstić information content (AvgIpc) is 3.07. The molecule has 0 saturated carbocycles. The molecule has 122 valence electrons. The van der Waals surface area contributed by atoms with Gasteiger partial charge in [0.1, 0.15) is 0 Å². The van der Waals surface area contributed by atoms with Gasteiger partial charge in [-0.05, 0) is 49.8 Å². The molecule has 6 heteroatoms. The Bertz CT molecular complexity index is 720. The van der Waals surface area contributed by atoms with Gasteiger partial charge in [0.05, 0.1) is 12.2 Å². The van der Waals surface area contributed by atoms with Crippen LogP contribution in [0.15, 0.2) is 30.3 Å². The number of rotatable bonds is 4. The Labute approximate surface area is 140 Å². The number of carbonyl (C=O) groups is 1. The summed E-state index contributed by atoms with van der Waals surface area (Å²) in [7, 11) is 0. The number of carbonyl (C=O) groups excluding carboxylic acids is 1. The molecule has 0 aliphatic carbocycles. The molecule has 0 radical (unpaired) electrons. The summed E-state index contributed by atoms with van der Waals surface area (Å²) in [5, 5.41) is 17.6. The summed E-state index contributed by atoms with van der Waals surface area (Å²) in [6.45, 7) is 4.66. The summed E-state index contributed by atoms with van der Waals surface area (Å²) in [4.78, 5) is 12.3. The van der Waals surface area contributed by atoms with Crippen molar-refractivity contribution in [1.82, 2.24) is 9.78 Å². The molecule has 1 aliphatic rings. The lowest BCUT2D eigenvalue weighted by molar-refractivity contribution is -0.131. The highest BCUT2D eigenvalue weighted by atomic mass is 32.2. The van der Waals surface area contributed by atoms with Gasteiger partial charge < -0.3 is 10.4 Å².